The van der Waals surface area contributed by atoms with E-state index in [0.29, 0.717) is 6.42 Å². The summed E-state index contributed by atoms with van der Waals surface area (Å²) in [5.41, 5.74) is 0.525. The molecule has 0 fully saturated rings. The van der Waals surface area contributed by atoms with Crippen LogP contribution >= 0.6 is 0 Å². The van der Waals surface area contributed by atoms with Crippen LogP contribution < -0.4 is 0 Å². The molecule has 0 saturated heterocycles. The van der Waals surface area contributed by atoms with Crippen LogP contribution in [0.5, 0.6) is 0 Å². The lowest BCUT2D eigenvalue weighted by atomic mass is 9.80. The highest BCUT2D eigenvalue weighted by atomic mass is 19.1. The minimum atomic E-state index is -0.736. The third-order valence-corrected chi connectivity index (χ3v) is 3.98. The first-order chi connectivity index (χ1) is 10.4. The van der Waals surface area contributed by atoms with Crippen molar-refractivity contribution < 1.29 is 13.5 Å². The summed E-state index contributed by atoms with van der Waals surface area (Å²) in [4.78, 5) is 0. The largest absolute Gasteiger partial charge is 0.355 e. The molecule has 1 heterocycles. The highest BCUT2D eigenvalue weighted by Crippen LogP contribution is 2.43. The van der Waals surface area contributed by atoms with Gasteiger partial charge in [-0.25, -0.2) is 8.78 Å². The van der Waals surface area contributed by atoms with Crippen LogP contribution in [0.25, 0.3) is 0 Å². The van der Waals surface area contributed by atoms with E-state index in [9.17, 15) is 8.78 Å². The Morgan fingerprint density at radius 3 is 1.68 bits per heavy atom. The lowest BCUT2D eigenvalue weighted by Gasteiger charge is -2.43. The molecule has 2 aromatic carbocycles. The lowest BCUT2D eigenvalue weighted by Crippen LogP contribution is -2.41. The van der Waals surface area contributed by atoms with Crippen LogP contribution in [0.2, 0.25) is 0 Å². The van der Waals surface area contributed by atoms with Gasteiger partial charge in [-0.1, -0.05) is 36.4 Å². The van der Waals surface area contributed by atoms with E-state index in [1.807, 2.05) is 19.9 Å². The fourth-order valence-electron chi connectivity index (χ4n) is 2.99. The van der Waals surface area contributed by atoms with Gasteiger partial charge < -0.3 is 4.74 Å². The van der Waals surface area contributed by atoms with Crippen molar-refractivity contribution in [1.29, 1.82) is 0 Å². The van der Waals surface area contributed by atoms with Crippen molar-refractivity contribution in [3.63, 3.8) is 0 Å². The first-order valence-electron chi connectivity index (χ1n) is 7.31. The zero-order chi connectivity index (χ0) is 15.8. The molecule has 0 atom stereocenters. The van der Waals surface area contributed by atoms with Crippen LogP contribution in [-0.4, -0.2) is 5.60 Å². The van der Waals surface area contributed by atoms with Crippen molar-refractivity contribution in [3.8, 4) is 0 Å². The van der Waals surface area contributed by atoms with E-state index in [0.717, 1.165) is 11.1 Å². The molecule has 2 aromatic rings. The molecule has 0 bridgehead atoms. The number of hydrogen-bond acceptors (Lipinski definition) is 1. The summed E-state index contributed by atoms with van der Waals surface area (Å²) in [6, 6.07) is 12.6. The molecule has 0 aliphatic carbocycles. The molecule has 0 N–H and O–H groups in total. The summed E-state index contributed by atoms with van der Waals surface area (Å²) >= 11 is 0. The molecule has 0 radical (unpaired) electrons. The van der Waals surface area contributed by atoms with E-state index >= 15 is 0 Å². The highest BCUT2D eigenvalue weighted by molar-refractivity contribution is 5.39. The molecule has 0 amide bonds. The van der Waals surface area contributed by atoms with E-state index in [1.165, 1.54) is 24.3 Å². The van der Waals surface area contributed by atoms with Crippen molar-refractivity contribution in [1.82, 2.24) is 0 Å². The van der Waals surface area contributed by atoms with Gasteiger partial charge in [0.1, 0.15) is 17.2 Å². The molecule has 1 aliphatic rings. The van der Waals surface area contributed by atoms with Crippen molar-refractivity contribution in [2.45, 2.75) is 31.5 Å². The maximum atomic E-state index is 13.3. The molecular weight excluding hydrogens is 282 g/mol. The summed E-state index contributed by atoms with van der Waals surface area (Å²) in [5, 5.41) is 0. The Morgan fingerprint density at radius 1 is 0.818 bits per heavy atom. The second-order valence-corrected chi connectivity index (χ2v) is 6.15. The van der Waals surface area contributed by atoms with E-state index in [-0.39, 0.29) is 11.6 Å². The van der Waals surface area contributed by atoms with Crippen LogP contribution in [0.4, 0.5) is 8.78 Å². The third-order valence-electron chi connectivity index (χ3n) is 3.98. The minimum absolute atomic E-state index is 0.288. The van der Waals surface area contributed by atoms with Gasteiger partial charge in [0.25, 0.3) is 0 Å². The lowest BCUT2D eigenvalue weighted by molar-refractivity contribution is -0.106. The van der Waals surface area contributed by atoms with Gasteiger partial charge in [-0.2, -0.15) is 0 Å². The summed E-state index contributed by atoms with van der Waals surface area (Å²) in [6.07, 6.45) is 4.70. The van der Waals surface area contributed by atoms with Crippen LogP contribution in [-0.2, 0) is 10.3 Å². The summed E-state index contributed by atoms with van der Waals surface area (Å²) < 4.78 is 32.9. The van der Waals surface area contributed by atoms with Gasteiger partial charge in [0.15, 0.2) is 0 Å². The molecule has 3 heteroatoms. The van der Waals surface area contributed by atoms with Gasteiger partial charge in [0.2, 0.25) is 0 Å². The van der Waals surface area contributed by atoms with Gasteiger partial charge in [-0.05, 0) is 49.2 Å². The van der Waals surface area contributed by atoms with Crippen LogP contribution in [0, 0.1) is 11.6 Å². The highest BCUT2D eigenvalue weighted by Gasteiger charge is 2.41. The first-order valence-corrected chi connectivity index (χ1v) is 7.31. The molecule has 0 unspecified atom stereocenters. The molecule has 0 spiro atoms. The Morgan fingerprint density at radius 2 is 1.27 bits per heavy atom. The second kappa shape index (κ2) is 5.33. The molecule has 3 rings (SSSR count). The maximum absolute atomic E-state index is 13.3. The molecule has 0 aromatic heterocycles. The Labute approximate surface area is 129 Å². The molecular formula is C19H18F2O. The zero-order valence-corrected chi connectivity index (χ0v) is 12.6. The smallest absolute Gasteiger partial charge is 0.123 e. The number of rotatable bonds is 2. The van der Waals surface area contributed by atoms with Gasteiger partial charge >= 0.3 is 0 Å². The van der Waals surface area contributed by atoms with E-state index in [2.05, 4.69) is 6.08 Å². The quantitative estimate of drug-likeness (QED) is 0.712. The second-order valence-electron chi connectivity index (χ2n) is 6.15. The Kier molecular flexibility index (Phi) is 3.61. The molecule has 0 saturated carbocycles. The predicted molar refractivity (Wildman–Crippen MR) is 82.5 cm³/mol. The third kappa shape index (κ3) is 2.69. The number of ether oxygens (including phenoxy) is 1. The Balaban J connectivity index is 2.16. The normalized spacial score (nSPS) is 19.1. The zero-order valence-electron chi connectivity index (χ0n) is 12.6. The fraction of sp³-hybridized carbons (Fsp3) is 0.263. The van der Waals surface area contributed by atoms with Crippen molar-refractivity contribution in [2.75, 3.05) is 0 Å². The van der Waals surface area contributed by atoms with Gasteiger partial charge in [0.05, 0.1) is 5.60 Å². The van der Waals surface area contributed by atoms with Gasteiger partial charge in [-0.3, -0.25) is 0 Å². The van der Waals surface area contributed by atoms with Crippen LogP contribution in [0.3, 0.4) is 0 Å². The number of halogens is 2. The minimum Gasteiger partial charge on any atom is -0.355 e. The molecule has 1 aliphatic heterocycles. The predicted octanol–water partition coefficient (Wildman–Crippen LogP) is 4.96. The SMILES string of the molecule is CC1(C)C=CCC(c2ccc(F)cc2)(c2ccc(F)cc2)O1. The number of hydrogen-bond donors (Lipinski definition) is 0. The fourth-order valence-corrected chi connectivity index (χ4v) is 2.99. The van der Waals surface area contributed by atoms with Crippen molar-refractivity contribution in [3.05, 3.63) is 83.4 Å². The summed E-state index contributed by atoms with van der Waals surface area (Å²) in [6.45, 7) is 3.95. The first kappa shape index (κ1) is 14.9. The molecule has 114 valence electrons. The number of benzene rings is 2. The van der Waals surface area contributed by atoms with Crippen LogP contribution in [0.15, 0.2) is 60.7 Å². The summed E-state index contributed by atoms with van der Waals surface area (Å²) in [5.74, 6) is -0.577. The summed E-state index contributed by atoms with van der Waals surface area (Å²) in [7, 11) is 0. The van der Waals surface area contributed by atoms with Crippen LogP contribution in [0.1, 0.15) is 31.4 Å². The standard InChI is InChI=1S/C19H18F2O/c1-18(2)12-3-13-19(22-18,14-4-8-16(20)9-5-14)15-6-10-17(21)11-7-15/h3-12H,13H2,1-2H3. The topological polar surface area (TPSA) is 9.23 Å². The van der Waals surface area contributed by atoms with Gasteiger partial charge in [0, 0.05) is 6.42 Å². The van der Waals surface area contributed by atoms with E-state index < -0.39 is 11.2 Å². The monoisotopic (exact) mass is 300 g/mol. The van der Waals surface area contributed by atoms with E-state index in [4.69, 9.17) is 4.74 Å². The average molecular weight is 300 g/mol. The Bertz CT molecular complexity index is 639. The molecule has 1 nitrogen and oxygen atoms in total. The van der Waals surface area contributed by atoms with Crippen molar-refractivity contribution in [2.24, 2.45) is 0 Å². The average Bonchev–Trinajstić information content (AvgIpc) is 2.47. The Hall–Kier alpha value is -2.00. The van der Waals surface area contributed by atoms with E-state index in [1.54, 1.807) is 24.3 Å². The van der Waals surface area contributed by atoms with Gasteiger partial charge in [-0.15, -0.1) is 0 Å². The maximum Gasteiger partial charge on any atom is 0.123 e. The molecule has 22 heavy (non-hydrogen) atoms. The van der Waals surface area contributed by atoms with Crippen molar-refractivity contribution >= 4 is 0 Å².